The van der Waals surface area contributed by atoms with Gasteiger partial charge >= 0.3 is 0 Å². The van der Waals surface area contributed by atoms with E-state index in [-0.39, 0.29) is 5.82 Å². The minimum atomic E-state index is -0.206. The van der Waals surface area contributed by atoms with Crippen LogP contribution in [0.5, 0.6) is 0 Å². The Morgan fingerprint density at radius 3 is 2.32 bits per heavy atom. The molecular weight excluding hydrogens is 239 g/mol. The Labute approximate surface area is 108 Å². The van der Waals surface area contributed by atoms with Crippen LogP contribution in [0.1, 0.15) is 0 Å². The number of para-hydroxylation sites is 2. The molecule has 92 valence electrons. The molecule has 0 aliphatic carbocycles. The fourth-order valence-corrected chi connectivity index (χ4v) is 2.50. The highest BCUT2D eigenvalue weighted by molar-refractivity contribution is 5.90. The third-order valence-corrected chi connectivity index (χ3v) is 3.44. The number of halogens is 1. The van der Waals surface area contributed by atoms with Crippen molar-refractivity contribution < 1.29 is 4.39 Å². The van der Waals surface area contributed by atoms with E-state index in [0.717, 1.165) is 22.1 Å². The second kappa shape index (κ2) is 3.72. The van der Waals surface area contributed by atoms with Crippen molar-refractivity contribution in [3.8, 4) is 11.4 Å². The number of aromatic nitrogens is 2. The van der Waals surface area contributed by atoms with Gasteiger partial charge in [0.05, 0.1) is 11.4 Å². The van der Waals surface area contributed by atoms with Crippen LogP contribution in [0.15, 0.2) is 54.6 Å². The molecule has 2 aromatic carbocycles. The predicted octanol–water partition coefficient (Wildman–Crippen LogP) is 4.46. The van der Waals surface area contributed by atoms with Crippen LogP contribution < -0.4 is 0 Å². The Kier molecular flexibility index (Phi) is 2.03. The molecule has 0 spiro atoms. The fourth-order valence-electron chi connectivity index (χ4n) is 2.50. The molecule has 0 amide bonds. The van der Waals surface area contributed by atoms with Gasteiger partial charge in [0, 0.05) is 21.8 Å². The minimum absolute atomic E-state index is 0.206. The molecule has 0 bridgehead atoms. The van der Waals surface area contributed by atoms with E-state index in [1.165, 1.54) is 0 Å². The number of H-pyrrole nitrogens is 2. The van der Waals surface area contributed by atoms with E-state index < -0.39 is 0 Å². The molecule has 4 rings (SSSR count). The van der Waals surface area contributed by atoms with Gasteiger partial charge in [0.25, 0.3) is 0 Å². The SMILES string of the molecule is Fc1c(-c2cc3ccccc3[nH]2)[nH]c2ccccc12. The third-order valence-electron chi connectivity index (χ3n) is 3.44. The lowest BCUT2D eigenvalue weighted by Gasteiger charge is -1.92. The predicted molar refractivity (Wildman–Crippen MR) is 75.5 cm³/mol. The molecular formula is C16H11FN2. The smallest absolute Gasteiger partial charge is 0.158 e. The van der Waals surface area contributed by atoms with Crippen LogP contribution in [0.2, 0.25) is 0 Å². The van der Waals surface area contributed by atoms with Crippen LogP contribution in [0.4, 0.5) is 4.39 Å². The highest BCUT2D eigenvalue weighted by Crippen LogP contribution is 2.30. The second-order valence-corrected chi connectivity index (χ2v) is 4.63. The molecule has 0 aliphatic heterocycles. The van der Waals surface area contributed by atoms with E-state index in [1.54, 1.807) is 6.07 Å². The highest BCUT2D eigenvalue weighted by atomic mass is 19.1. The van der Waals surface area contributed by atoms with Gasteiger partial charge in [-0.25, -0.2) is 4.39 Å². The maximum atomic E-state index is 14.4. The van der Waals surface area contributed by atoms with E-state index in [0.29, 0.717) is 11.1 Å². The van der Waals surface area contributed by atoms with Crippen molar-refractivity contribution in [2.45, 2.75) is 0 Å². The summed E-state index contributed by atoms with van der Waals surface area (Å²) in [4.78, 5) is 6.38. The van der Waals surface area contributed by atoms with E-state index in [1.807, 2.05) is 48.5 Å². The Morgan fingerprint density at radius 2 is 1.53 bits per heavy atom. The standard InChI is InChI=1S/C16H11FN2/c17-15-11-6-2-4-8-13(11)19-16(15)14-9-10-5-1-3-7-12(10)18-14/h1-9,18-19H. The Bertz CT molecular complexity index is 853. The molecule has 19 heavy (non-hydrogen) atoms. The lowest BCUT2D eigenvalue weighted by molar-refractivity contribution is 0.642. The molecule has 2 nitrogen and oxygen atoms in total. The summed E-state index contributed by atoms with van der Waals surface area (Å²) in [6.07, 6.45) is 0. The van der Waals surface area contributed by atoms with E-state index in [2.05, 4.69) is 9.97 Å². The van der Waals surface area contributed by atoms with Gasteiger partial charge in [0.15, 0.2) is 5.82 Å². The van der Waals surface area contributed by atoms with Crippen LogP contribution in [0.25, 0.3) is 33.2 Å². The Morgan fingerprint density at radius 1 is 0.789 bits per heavy atom. The largest absolute Gasteiger partial charge is 0.353 e. The summed E-state index contributed by atoms with van der Waals surface area (Å²) in [5, 5.41) is 1.70. The van der Waals surface area contributed by atoms with Crippen molar-refractivity contribution in [1.82, 2.24) is 9.97 Å². The maximum Gasteiger partial charge on any atom is 0.158 e. The quantitative estimate of drug-likeness (QED) is 0.500. The van der Waals surface area contributed by atoms with Gasteiger partial charge in [-0.3, -0.25) is 0 Å². The van der Waals surface area contributed by atoms with Crippen molar-refractivity contribution in [3.63, 3.8) is 0 Å². The molecule has 0 saturated carbocycles. The third kappa shape index (κ3) is 1.48. The number of nitrogens with one attached hydrogen (secondary N) is 2. The summed E-state index contributed by atoms with van der Waals surface area (Å²) in [6, 6.07) is 17.3. The van der Waals surface area contributed by atoms with Gasteiger partial charge < -0.3 is 9.97 Å². The topological polar surface area (TPSA) is 31.6 Å². The Balaban J connectivity index is 2.01. The molecule has 0 saturated heterocycles. The molecule has 3 heteroatoms. The lowest BCUT2D eigenvalue weighted by atomic mass is 10.2. The molecule has 0 aliphatic rings. The first kappa shape index (κ1) is 10.4. The molecule has 0 fully saturated rings. The zero-order valence-electron chi connectivity index (χ0n) is 10.1. The van der Waals surface area contributed by atoms with Crippen LogP contribution in [0, 0.1) is 5.82 Å². The van der Waals surface area contributed by atoms with E-state index in [9.17, 15) is 4.39 Å². The van der Waals surface area contributed by atoms with Crippen LogP contribution in [-0.4, -0.2) is 9.97 Å². The zero-order chi connectivity index (χ0) is 12.8. The van der Waals surface area contributed by atoms with Crippen LogP contribution in [-0.2, 0) is 0 Å². The van der Waals surface area contributed by atoms with Gasteiger partial charge in [-0.2, -0.15) is 0 Å². The van der Waals surface area contributed by atoms with Gasteiger partial charge in [0.2, 0.25) is 0 Å². The van der Waals surface area contributed by atoms with Gasteiger partial charge in [-0.1, -0.05) is 30.3 Å². The first-order chi connectivity index (χ1) is 9.33. The summed E-state index contributed by atoms with van der Waals surface area (Å²) in [5.74, 6) is -0.206. The molecule has 0 radical (unpaired) electrons. The van der Waals surface area contributed by atoms with Crippen LogP contribution in [0.3, 0.4) is 0 Å². The average molecular weight is 250 g/mol. The minimum Gasteiger partial charge on any atom is -0.353 e. The van der Waals surface area contributed by atoms with Crippen molar-refractivity contribution in [1.29, 1.82) is 0 Å². The normalized spacial score (nSPS) is 11.4. The first-order valence-corrected chi connectivity index (χ1v) is 6.17. The summed E-state index contributed by atoms with van der Waals surface area (Å²) in [6.45, 7) is 0. The number of fused-ring (bicyclic) bond motifs is 2. The average Bonchev–Trinajstić information content (AvgIpc) is 3.00. The van der Waals surface area contributed by atoms with Crippen LogP contribution >= 0.6 is 0 Å². The molecule has 4 aromatic rings. The maximum absolute atomic E-state index is 14.4. The Hall–Kier alpha value is -2.55. The number of hydrogen-bond acceptors (Lipinski definition) is 0. The molecule has 2 N–H and O–H groups in total. The molecule has 2 heterocycles. The van der Waals surface area contributed by atoms with Gasteiger partial charge in [0.1, 0.15) is 0 Å². The number of aromatic amines is 2. The summed E-state index contributed by atoms with van der Waals surface area (Å²) < 4.78 is 14.4. The van der Waals surface area contributed by atoms with E-state index in [4.69, 9.17) is 0 Å². The monoisotopic (exact) mass is 250 g/mol. The highest BCUT2D eigenvalue weighted by Gasteiger charge is 2.14. The summed E-state index contributed by atoms with van der Waals surface area (Å²) in [5.41, 5.74) is 3.11. The molecule has 0 atom stereocenters. The summed E-state index contributed by atoms with van der Waals surface area (Å²) >= 11 is 0. The van der Waals surface area contributed by atoms with Crippen molar-refractivity contribution >= 4 is 21.8 Å². The molecule has 0 unspecified atom stereocenters. The first-order valence-electron chi connectivity index (χ1n) is 6.17. The number of rotatable bonds is 1. The number of benzene rings is 2. The number of hydrogen-bond donors (Lipinski definition) is 2. The van der Waals surface area contributed by atoms with Crippen molar-refractivity contribution in [3.05, 3.63) is 60.4 Å². The fraction of sp³-hybridized carbons (Fsp3) is 0. The van der Waals surface area contributed by atoms with E-state index >= 15 is 0 Å². The van der Waals surface area contributed by atoms with Gasteiger partial charge in [-0.15, -0.1) is 0 Å². The van der Waals surface area contributed by atoms with Gasteiger partial charge in [-0.05, 0) is 24.3 Å². The molecule has 2 aromatic heterocycles. The van der Waals surface area contributed by atoms with Crippen molar-refractivity contribution in [2.75, 3.05) is 0 Å². The summed E-state index contributed by atoms with van der Waals surface area (Å²) in [7, 11) is 0. The zero-order valence-corrected chi connectivity index (χ0v) is 10.1. The van der Waals surface area contributed by atoms with Crippen molar-refractivity contribution in [2.24, 2.45) is 0 Å². The lowest BCUT2D eigenvalue weighted by Crippen LogP contribution is -1.80. The second-order valence-electron chi connectivity index (χ2n) is 4.63.